The van der Waals surface area contributed by atoms with Crippen LogP contribution in [0.3, 0.4) is 0 Å². The van der Waals surface area contributed by atoms with Gasteiger partial charge in [-0.05, 0) is 43.9 Å². The predicted molar refractivity (Wildman–Crippen MR) is 71.1 cm³/mol. The lowest BCUT2D eigenvalue weighted by Gasteiger charge is -2.13. The number of hydrogen-bond donors (Lipinski definition) is 0. The fraction of sp³-hybridized carbons (Fsp3) is 0.455. The molecule has 1 atom stereocenters. The SMILES string of the molecule is COc1ccc(S(C)(=O)=N[Si](C)(C)C)cc1. The Morgan fingerprint density at radius 2 is 1.69 bits per heavy atom. The number of methoxy groups -OCH3 is 1. The molecule has 1 aromatic rings. The van der Waals surface area contributed by atoms with Crippen molar-refractivity contribution in [1.82, 2.24) is 0 Å². The summed E-state index contributed by atoms with van der Waals surface area (Å²) in [5, 5.41) is 0. The van der Waals surface area contributed by atoms with Crippen molar-refractivity contribution in [3.63, 3.8) is 0 Å². The molecule has 0 aliphatic heterocycles. The summed E-state index contributed by atoms with van der Waals surface area (Å²) in [6.45, 7) is 6.25. The number of nitrogens with zero attached hydrogens (tertiary/aromatic N) is 1. The average Bonchev–Trinajstić information content (AvgIpc) is 2.14. The highest BCUT2D eigenvalue weighted by atomic mass is 32.2. The molecule has 0 aliphatic rings. The second-order valence-electron chi connectivity index (χ2n) is 4.74. The summed E-state index contributed by atoms with van der Waals surface area (Å²) in [4.78, 5) is 0.774. The second-order valence-corrected chi connectivity index (χ2v) is 11.9. The first-order valence-corrected chi connectivity index (χ1v) is 10.5. The predicted octanol–water partition coefficient (Wildman–Crippen LogP) is 2.99. The monoisotopic (exact) mass is 257 g/mol. The summed E-state index contributed by atoms with van der Waals surface area (Å²) in [6, 6.07) is 7.28. The third kappa shape index (κ3) is 3.64. The Morgan fingerprint density at radius 3 is 2.06 bits per heavy atom. The number of benzene rings is 1. The quantitative estimate of drug-likeness (QED) is 0.781. The Balaban J connectivity index is 3.18. The van der Waals surface area contributed by atoms with Gasteiger partial charge in [0.15, 0.2) is 8.24 Å². The maximum atomic E-state index is 12.4. The number of ether oxygens (including phenoxy) is 1. The van der Waals surface area contributed by atoms with E-state index in [0.717, 1.165) is 10.6 Å². The topological polar surface area (TPSA) is 38.7 Å². The van der Waals surface area contributed by atoms with Crippen LogP contribution in [0.25, 0.3) is 0 Å². The van der Waals surface area contributed by atoms with Gasteiger partial charge in [-0.2, -0.15) is 0 Å². The van der Waals surface area contributed by atoms with Crippen LogP contribution in [-0.4, -0.2) is 25.8 Å². The molecule has 0 radical (unpaired) electrons. The van der Waals surface area contributed by atoms with Gasteiger partial charge in [-0.1, -0.05) is 0 Å². The van der Waals surface area contributed by atoms with Crippen molar-refractivity contribution in [2.45, 2.75) is 24.5 Å². The van der Waals surface area contributed by atoms with E-state index in [0.29, 0.717) is 0 Å². The van der Waals surface area contributed by atoms with Crippen molar-refractivity contribution >= 4 is 18.0 Å². The zero-order chi connectivity index (χ0) is 12.4. The highest BCUT2D eigenvalue weighted by molar-refractivity contribution is 7.93. The zero-order valence-corrected chi connectivity index (χ0v) is 12.3. The van der Waals surface area contributed by atoms with Gasteiger partial charge in [-0.3, -0.25) is 4.03 Å². The van der Waals surface area contributed by atoms with Crippen molar-refractivity contribution in [3.8, 4) is 5.75 Å². The van der Waals surface area contributed by atoms with Crippen LogP contribution in [0.1, 0.15) is 0 Å². The molecule has 3 nitrogen and oxygen atoms in total. The van der Waals surface area contributed by atoms with Crippen LogP contribution >= 0.6 is 0 Å². The first kappa shape index (κ1) is 13.3. The van der Waals surface area contributed by atoms with Gasteiger partial charge in [0, 0.05) is 11.2 Å². The van der Waals surface area contributed by atoms with E-state index in [4.69, 9.17) is 4.74 Å². The minimum Gasteiger partial charge on any atom is -0.497 e. The molecule has 1 rings (SSSR count). The molecule has 1 unspecified atom stereocenters. The summed E-state index contributed by atoms with van der Waals surface area (Å²) < 4.78 is 22.0. The maximum Gasteiger partial charge on any atom is 0.185 e. The van der Waals surface area contributed by atoms with E-state index in [1.54, 1.807) is 13.4 Å². The molecule has 0 saturated carbocycles. The third-order valence-electron chi connectivity index (χ3n) is 1.94. The molecular formula is C11H19NO2SSi. The molecule has 0 fully saturated rings. The van der Waals surface area contributed by atoms with Gasteiger partial charge in [0.1, 0.15) is 5.75 Å². The van der Waals surface area contributed by atoms with E-state index in [2.05, 4.69) is 23.7 Å². The molecule has 16 heavy (non-hydrogen) atoms. The van der Waals surface area contributed by atoms with Crippen LogP contribution in [-0.2, 0) is 9.73 Å². The normalized spacial score (nSPS) is 15.3. The lowest BCUT2D eigenvalue weighted by molar-refractivity contribution is 0.414. The first-order chi connectivity index (χ1) is 7.24. The van der Waals surface area contributed by atoms with Gasteiger partial charge < -0.3 is 4.74 Å². The van der Waals surface area contributed by atoms with Crippen molar-refractivity contribution in [3.05, 3.63) is 24.3 Å². The summed E-state index contributed by atoms with van der Waals surface area (Å²) in [5.41, 5.74) is 0. The molecule has 0 aromatic heterocycles. The standard InChI is InChI=1S/C11H19NO2SSi/c1-14-10-6-8-11(9-7-10)15(2,13)12-16(3,4)5/h6-9H,1-5H3. The van der Waals surface area contributed by atoms with Crippen LogP contribution in [0, 0.1) is 0 Å². The Bertz CT molecular complexity index is 468. The summed E-state index contributed by atoms with van der Waals surface area (Å²) in [6.07, 6.45) is 1.70. The molecule has 5 heteroatoms. The fourth-order valence-corrected chi connectivity index (χ4v) is 6.65. The van der Waals surface area contributed by atoms with Gasteiger partial charge in [-0.25, -0.2) is 4.21 Å². The highest BCUT2D eigenvalue weighted by Crippen LogP contribution is 2.19. The van der Waals surface area contributed by atoms with E-state index in [1.165, 1.54) is 0 Å². The molecule has 0 saturated heterocycles. The minimum absolute atomic E-state index is 0.770. The van der Waals surface area contributed by atoms with Crippen molar-refractivity contribution in [1.29, 1.82) is 0 Å². The lowest BCUT2D eigenvalue weighted by atomic mass is 10.3. The molecule has 1 aromatic carbocycles. The smallest absolute Gasteiger partial charge is 0.185 e. The first-order valence-electron chi connectivity index (χ1n) is 5.12. The Morgan fingerprint density at radius 1 is 1.19 bits per heavy atom. The largest absolute Gasteiger partial charge is 0.497 e. The molecule has 0 N–H and O–H groups in total. The second kappa shape index (κ2) is 4.59. The molecule has 90 valence electrons. The van der Waals surface area contributed by atoms with Crippen LogP contribution in [0.4, 0.5) is 0 Å². The molecule has 0 spiro atoms. The molecular weight excluding hydrogens is 238 g/mol. The molecule has 0 amide bonds. The Hall–Kier alpha value is -0.813. The summed E-state index contributed by atoms with van der Waals surface area (Å²) >= 11 is 0. The highest BCUT2D eigenvalue weighted by Gasteiger charge is 2.16. The van der Waals surface area contributed by atoms with Crippen molar-refractivity contribution in [2.75, 3.05) is 13.4 Å². The van der Waals surface area contributed by atoms with Crippen LogP contribution in [0.2, 0.25) is 19.6 Å². The van der Waals surface area contributed by atoms with E-state index in [1.807, 2.05) is 24.3 Å². The van der Waals surface area contributed by atoms with Gasteiger partial charge >= 0.3 is 0 Å². The Labute approximate surface area is 99.1 Å². The zero-order valence-electron chi connectivity index (χ0n) is 10.5. The van der Waals surface area contributed by atoms with E-state index >= 15 is 0 Å². The summed E-state index contributed by atoms with van der Waals surface area (Å²) in [5.74, 6) is 0.770. The van der Waals surface area contributed by atoms with Gasteiger partial charge in [0.25, 0.3) is 0 Å². The van der Waals surface area contributed by atoms with Crippen LogP contribution < -0.4 is 4.74 Å². The molecule has 0 heterocycles. The van der Waals surface area contributed by atoms with E-state index in [9.17, 15) is 4.21 Å². The van der Waals surface area contributed by atoms with Gasteiger partial charge in [0.2, 0.25) is 0 Å². The van der Waals surface area contributed by atoms with E-state index in [-0.39, 0.29) is 0 Å². The lowest BCUT2D eigenvalue weighted by Crippen LogP contribution is -2.19. The fourth-order valence-electron chi connectivity index (χ4n) is 1.40. The maximum absolute atomic E-state index is 12.4. The van der Waals surface area contributed by atoms with Gasteiger partial charge in [-0.15, -0.1) is 0 Å². The Kier molecular flexibility index (Phi) is 3.80. The molecule has 0 bridgehead atoms. The summed E-state index contributed by atoms with van der Waals surface area (Å²) in [7, 11) is -2.33. The van der Waals surface area contributed by atoms with Gasteiger partial charge in [0.05, 0.1) is 16.8 Å². The number of hydrogen-bond acceptors (Lipinski definition) is 3. The minimum atomic E-state index is -2.26. The van der Waals surface area contributed by atoms with Crippen molar-refractivity contribution < 1.29 is 8.95 Å². The third-order valence-corrected chi connectivity index (χ3v) is 6.68. The van der Waals surface area contributed by atoms with Crippen molar-refractivity contribution in [2.24, 2.45) is 4.03 Å². The van der Waals surface area contributed by atoms with Crippen LogP contribution in [0.5, 0.6) is 5.75 Å². The number of rotatable bonds is 3. The van der Waals surface area contributed by atoms with Crippen LogP contribution in [0.15, 0.2) is 33.2 Å². The average molecular weight is 257 g/mol. The van der Waals surface area contributed by atoms with E-state index < -0.39 is 18.0 Å². The molecule has 0 aliphatic carbocycles.